The number of carbonyl (C=O) groups excluding carboxylic acids is 1. The number of rotatable bonds is 4. The Morgan fingerprint density at radius 1 is 1.35 bits per heavy atom. The van der Waals surface area contributed by atoms with Gasteiger partial charge in [0.15, 0.2) is 0 Å². The van der Waals surface area contributed by atoms with E-state index in [1.165, 1.54) is 9.80 Å². The summed E-state index contributed by atoms with van der Waals surface area (Å²) in [6, 6.07) is -0.347. The van der Waals surface area contributed by atoms with Crippen LogP contribution in [0.3, 0.4) is 0 Å². The summed E-state index contributed by atoms with van der Waals surface area (Å²) in [6.07, 6.45) is 5.17. The summed E-state index contributed by atoms with van der Waals surface area (Å²) >= 11 is 0. The van der Waals surface area contributed by atoms with E-state index >= 15 is 0 Å². The molecule has 0 aliphatic rings. The lowest BCUT2D eigenvalue weighted by atomic mass is 10.1. The van der Waals surface area contributed by atoms with Crippen molar-refractivity contribution in [3.05, 3.63) is 0 Å². The van der Waals surface area contributed by atoms with E-state index in [4.69, 9.17) is 11.5 Å². The van der Waals surface area contributed by atoms with E-state index in [9.17, 15) is 9.59 Å². The Balaban J connectivity index is 4.99. The number of carboxylic acids is 1. The molecular weight excluding hydrogens is 220 g/mol. The van der Waals surface area contributed by atoms with E-state index in [2.05, 4.69) is 5.92 Å². The SMILES string of the molecule is C#CCN(CC)C(=O)N(CC(=O)O)C(C)(C)C. The van der Waals surface area contributed by atoms with Gasteiger partial charge in [-0.1, -0.05) is 5.92 Å². The average molecular weight is 240 g/mol. The summed E-state index contributed by atoms with van der Waals surface area (Å²) in [4.78, 5) is 25.7. The predicted octanol–water partition coefficient (Wildman–Crippen LogP) is 1.25. The molecule has 17 heavy (non-hydrogen) atoms. The molecule has 0 bridgehead atoms. The fourth-order valence-corrected chi connectivity index (χ4v) is 1.32. The van der Waals surface area contributed by atoms with Crippen LogP contribution in [-0.2, 0) is 4.79 Å². The zero-order valence-corrected chi connectivity index (χ0v) is 10.9. The molecule has 0 aliphatic heterocycles. The van der Waals surface area contributed by atoms with Gasteiger partial charge < -0.3 is 14.9 Å². The van der Waals surface area contributed by atoms with Crippen LogP contribution >= 0.6 is 0 Å². The van der Waals surface area contributed by atoms with Crippen molar-refractivity contribution < 1.29 is 14.7 Å². The van der Waals surface area contributed by atoms with Gasteiger partial charge in [0, 0.05) is 12.1 Å². The van der Waals surface area contributed by atoms with Crippen LogP contribution in [0.4, 0.5) is 4.79 Å². The van der Waals surface area contributed by atoms with Crippen LogP contribution in [0, 0.1) is 12.3 Å². The Labute approximate surface area is 102 Å². The third-order valence-electron chi connectivity index (χ3n) is 2.27. The number of terminal acetylenes is 1. The molecule has 5 heteroatoms. The first-order chi connectivity index (χ1) is 7.73. The van der Waals surface area contributed by atoms with Crippen LogP contribution in [0.5, 0.6) is 0 Å². The molecule has 0 aromatic rings. The summed E-state index contributed by atoms with van der Waals surface area (Å²) in [5, 5.41) is 8.83. The first-order valence-electron chi connectivity index (χ1n) is 5.45. The van der Waals surface area contributed by atoms with Gasteiger partial charge in [0.1, 0.15) is 6.54 Å². The lowest BCUT2D eigenvalue weighted by molar-refractivity contribution is -0.138. The molecule has 5 nitrogen and oxygen atoms in total. The minimum Gasteiger partial charge on any atom is -0.480 e. The van der Waals surface area contributed by atoms with Crippen molar-refractivity contribution in [1.82, 2.24) is 9.80 Å². The highest BCUT2D eigenvalue weighted by Gasteiger charge is 2.30. The predicted molar refractivity (Wildman–Crippen MR) is 65.6 cm³/mol. The fraction of sp³-hybridized carbons (Fsp3) is 0.667. The number of carboxylic acid groups (broad SMARTS) is 1. The van der Waals surface area contributed by atoms with Gasteiger partial charge in [0.25, 0.3) is 0 Å². The molecule has 0 radical (unpaired) electrons. The standard InChI is InChI=1S/C12H20N2O3/c1-6-8-13(7-2)11(17)14(9-10(15)16)12(3,4)5/h1H,7-9H2,2-5H3,(H,15,16). The molecule has 0 saturated heterocycles. The molecule has 0 unspecified atom stereocenters. The van der Waals surface area contributed by atoms with Gasteiger partial charge in [-0.2, -0.15) is 0 Å². The van der Waals surface area contributed by atoms with E-state index < -0.39 is 11.5 Å². The zero-order valence-electron chi connectivity index (χ0n) is 10.9. The van der Waals surface area contributed by atoms with Gasteiger partial charge in [-0.15, -0.1) is 6.42 Å². The Kier molecular flexibility index (Phi) is 5.52. The largest absolute Gasteiger partial charge is 0.480 e. The van der Waals surface area contributed by atoms with Crippen molar-refractivity contribution in [2.75, 3.05) is 19.6 Å². The number of hydrogen-bond donors (Lipinski definition) is 1. The number of urea groups is 1. The molecule has 96 valence electrons. The number of carbonyl (C=O) groups is 2. The summed E-state index contributed by atoms with van der Waals surface area (Å²) in [6.45, 7) is 7.48. The molecule has 2 amide bonds. The fourth-order valence-electron chi connectivity index (χ4n) is 1.32. The molecule has 1 N–H and O–H groups in total. The number of aliphatic carboxylic acids is 1. The summed E-state index contributed by atoms with van der Waals surface area (Å²) < 4.78 is 0. The van der Waals surface area contributed by atoms with Crippen LogP contribution in [0.25, 0.3) is 0 Å². The van der Waals surface area contributed by atoms with Gasteiger partial charge in [-0.25, -0.2) is 4.79 Å². The van der Waals surface area contributed by atoms with Crippen LogP contribution in [0.2, 0.25) is 0 Å². The molecule has 0 aliphatic carbocycles. The minimum absolute atomic E-state index is 0.182. The second-order valence-electron chi connectivity index (χ2n) is 4.65. The maximum absolute atomic E-state index is 12.1. The molecule has 0 heterocycles. The maximum atomic E-state index is 12.1. The lowest BCUT2D eigenvalue weighted by Crippen LogP contribution is -2.53. The van der Waals surface area contributed by atoms with Crippen LogP contribution < -0.4 is 0 Å². The van der Waals surface area contributed by atoms with Gasteiger partial charge in [0.2, 0.25) is 0 Å². The quantitative estimate of drug-likeness (QED) is 0.752. The van der Waals surface area contributed by atoms with Crippen molar-refractivity contribution in [3.63, 3.8) is 0 Å². The molecule has 0 saturated carbocycles. The van der Waals surface area contributed by atoms with Crippen molar-refractivity contribution in [2.45, 2.75) is 33.2 Å². The van der Waals surface area contributed by atoms with Crippen molar-refractivity contribution >= 4 is 12.0 Å². The van der Waals surface area contributed by atoms with Crippen molar-refractivity contribution in [3.8, 4) is 12.3 Å². The van der Waals surface area contributed by atoms with E-state index in [0.29, 0.717) is 6.54 Å². The molecule has 0 spiro atoms. The van der Waals surface area contributed by atoms with Gasteiger partial charge in [0.05, 0.1) is 6.54 Å². The molecular formula is C12H20N2O3. The highest BCUT2D eigenvalue weighted by atomic mass is 16.4. The number of hydrogen-bond acceptors (Lipinski definition) is 2. The molecule has 0 aromatic carbocycles. The Morgan fingerprint density at radius 3 is 2.18 bits per heavy atom. The second kappa shape index (κ2) is 6.14. The molecule has 0 aromatic heterocycles. The minimum atomic E-state index is -1.04. The molecule has 0 rings (SSSR count). The van der Waals surface area contributed by atoms with E-state index in [1.807, 2.05) is 0 Å². The van der Waals surface area contributed by atoms with Crippen LogP contribution in [-0.4, -0.2) is 52.1 Å². The highest BCUT2D eigenvalue weighted by Crippen LogP contribution is 2.15. The van der Waals surface area contributed by atoms with Gasteiger partial charge in [-0.3, -0.25) is 4.79 Å². The Bertz CT molecular complexity index is 326. The number of nitrogens with zero attached hydrogens (tertiary/aromatic N) is 2. The van der Waals surface area contributed by atoms with Crippen molar-refractivity contribution in [2.24, 2.45) is 0 Å². The Morgan fingerprint density at radius 2 is 1.88 bits per heavy atom. The smallest absolute Gasteiger partial charge is 0.323 e. The average Bonchev–Trinajstić information content (AvgIpc) is 2.19. The monoisotopic (exact) mass is 240 g/mol. The van der Waals surface area contributed by atoms with Gasteiger partial charge in [-0.05, 0) is 27.7 Å². The topological polar surface area (TPSA) is 60.9 Å². The van der Waals surface area contributed by atoms with E-state index in [0.717, 1.165) is 0 Å². The normalized spacial score (nSPS) is 10.5. The summed E-state index contributed by atoms with van der Waals surface area (Å²) in [5.41, 5.74) is -0.558. The first-order valence-corrected chi connectivity index (χ1v) is 5.45. The highest BCUT2D eigenvalue weighted by molar-refractivity contribution is 5.81. The second-order valence-corrected chi connectivity index (χ2v) is 4.65. The molecule has 0 atom stereocenters. The summed E-state index contributed by atoms with van der Waals surface area (Å²) in [5.74, 6) is 1.35. The van der Waals surface area contributed by atoms with Gasteiger partial charge >= 0.3 is 12.0 Å². The van der Waals surface area contributed by atoms with E-state index in [1.54, 1.807) is 27.7 Å². The number of amides is 2. The Hall–Kier alpha value is -1.70. The van der Waals surface area contributed by atoms with Crippen molar-refractivity contribution in [1.29, 1.82) is 0 Å². The molecule has 0 fully saturated rings. The zero-order chi connectivity index (χ0) is 13.6. The summed E-state index contributed by atoms with van der Waals surface area (Å²) in [7, 11) is 0. The lowest BCUT2D eigenvalue weighted by Gasteiger charge is -2.37. The van der Waals surface area contributed by atoms with E-state index in [-0.39, 0.29) is 19.1 Å². The van der Waals surface area contributed by atoms with Crippen LogP contribution in [0.15, 0.2) is 0 Å². The third kappa shape index (κ3) is 4.77. The van der Waals surface area contributed by atoms with Crippen LogP contribution in [0.1, 0.15) is 27.7 Å². The maximum Gasteiger partial charge on any atom is 0.323 e. The third-order valence-corrected chi connectivity index (χ3v) is 2.27. The first kappa shape index (κ1) is 15.3.